The van der Waals surface area contributed by atoms with Gasteiger partial charge in [-0.25, -0.2) is 0 Å². The molecule has 0 spiro atoms. The maximum atomic E-state index is 4.22. The van der Waals surface area contributed by atoms with Crippen molar-refractivity contribution in [3.8, 4) is 16.8 Å². The summed E-state index contributed by atoms with van der Waals surface area (Å²) in [6.45, 7) is 6.99. The third kappa shape index (κ3) is 3.80. The molecule has 0 saturated heterocycles. The number of rotatable bonds is 6. The summed E-state index contributed by atoms with van der Waals surface area (Å²) in [5, 5.41) is 12.3. The number of hydrogen-bond donors (Lipinski definition) is 0. The molecule has 0 radical (unpaired) electrons. The van der Waals surface area contributed by atoms with E-state index in [1.165, 1.54) is 0 Å². The molecular weight excluding hydrogens is 322 g/mol. The molecule has 0 fully saturated rings. The van der Waals surface area contributed by atoms with E-state index in [2.05, 4.69) is 58.5 Å². The van der Waals surface area contributed by atoms with Gasteiger partial charge in [0.2, 0.25) is 0 Å². The van der Waals surface area contributed by atoms with Gasteiger partial charge >= 0.3 is 0 Å². The molecule has 0 aliphatic carbocycles. The molecular formula is C18H22ClN5. The molecule has 3 rings (SSSR count). The Hall–Kier alpha value is -2.24. The van der Waals surface area contributed by atoms with E-state index in [9.17, 15) is 0 Å². The normalized spacial score (nSPS) is 10.6. The first-order chi connectivity index (χ1) is 11.3. The minimum atomic E-state index is 0. The second kappa shape index (κ2) is 8.57. The standard InChI is InChI=1S/C18H21N5.ClH/c1-3-22(4-2)14-18-19-20-21-23(18)17-13-9-8-12-16(17)15-10-6-5-7-11-15;/h5-13H,3-4,14H2,1-2H3;1H. The van der Waals surface area contributed by atoms with Crippen molar-refractivity contribution in [1.29, 1.82) is 0 Å². The zero-order valence-electron chi connectivity index (χ0n) is 14.0. The summed E-state index contributed by atoms with van der Waals surface area (Å²) in [5.41, 5.74) is 3.29. The van der Waals surface area contributed by atoms with Crippen LogP contribution < -0.4 is 0 Å². The number of benzene rings is 2. The van der Waals surface area contributed by atoms with E-state index in [-0.39, 0.29) is 12.4 Å². The van der Waals surface area contributed by atoms with Crippen LogP contribution in [0.25, 0.3) is 16.8 Å². The highest BCUT2D eigenvalue weighted by molar-refractivity contribution is 5.85. The molecule has 0 amide bonds. The van der Waals surface area contributed by atoms with Gasteiger partial charge in [-0.15, -0.1) is 17.5 Å². The van der Waals surface area contributed by atoms with E-state index < -0.39 is 0 Å². The van der Waals surface area contributed by atoms with E-state index in [1.807, 2.05) is 35.0 Å². The Bertz CT molecular complexity index is 753. The molecule has 2 aromatic carbocycles. The van der Waals surface area contributed by atoms with Crippen LogP contribution in [0.1, 0.15) is 19.7 Å². The van der Waals surface area contributed by atoms with Crippen LogP contribution in [0.5, 0.6) is 0 Å². The van der Waals surface area contributed by atoms with Gasteiger partial charge in [0.05, 0.1) is 12.2 Å². The number of tetrazole rings is 1. The van der Waals surface area contributed by atoms with Gasteiger partial charge in [-0.2, -0.15) is 4.68 Å². The Labute approximate surface area is 148 Å². The van der Waals surface area contributed by atoms with Crippen LogP contribution in [0, 0.1) is 0 Å². The van der Waals surface area contributed by atoms with Crippen molar-refractivity contribution in [1.82, 2.24) is 25.1 Å². The Morgan fingerprint density at radius 3 is 2.29 bits per heavy atom. The fraction of sp³-hybridized carbons (Fsp3) is 0.278. The average molecular weight is 344 g/mol. The molecule has 0 atom stereocenters. The minimum Gasteiger partial charge on any atom is -0.296 e. The fourth-order valence-electron chi connectivity index (χ4n) is 2.66. The lowest BCUT2D eigenvalue weighted by Gasteiger charge is -2.17. The van der Waals surface area contributed by atoms with E-state index in [0.717, 1.165) is 42.3 Å². The third-order valence-electron chi connectivity index (χ3n) is 4.01. The van der Waals surface area contributed by atoms with Crippen molar-refractivity contribution >= 4 is 12.4 Å². The molecule has 0 N–H and O–H groups in total. The van der Waals surface area contributed by atoms with Gasteiger partial charge in [0, 0.05) is 5.56 Å². The first-order valence-electron chi connectivity index (χ1n) is 7.98. The summed E-state index contributed by atoms with van der Waals surface area (Å²) >= 11 is 0. The highest BCUT2D eigenvalue weighted by atomic mass is 35.5. The van der Waals surface area contributed by atoms with E-state index in [1.54, 1.807) is 0 Å². The van der Waals surface area contributed by atoms with Crippen LogP contribution in [0.3, 0.4) is 0 Å². The molecule has 24 heavy (non-hydrogen) atoms. The predicted octanol–water partition coefficient (Wildman–Crippen LogP) is 3.59. The maximum Gasteiger partial charge on any atom is 0.170 e. The molecule has 1 heterocycles. The second-order valence-corrected chi connectivity index (χ2v) is 5.35. The summed E-state index contributed by atoms with van der Waals surface area (Å²) in [6, 6.07) is 18.5. The maximum absolute atomic E-state index is 4.22. The fourth-order valence-corrected chi connectivity index (χ4v) is 2.66. The third-order valence-corrected chi connectivity index (χ3v) is 4.01. The lowest BCUT2D eigenvalue weighted by atomic mass is 10.0. The van der Waals surface area contributed by atoms with Crippen molar-refractivity contribution in [2.75, 3.05) is 13.1 Å². The van der Waals surface area contributed by atoms with E-state index in [0.29, 0.717) is 0 Å². The van der Waals surface area contributed by atoms with Crippen LogP contribution in [0.15, 0.2) is 54.6 Å². The molecule has 6 heteroatoms. The second-order valence-electron chi connectivity index (χ2n) is 5.35. The Balaban J connectivity index is 0.00000208. The molecule has 0 aliphatic rings. The van der Waals surface area contributed by atoms with Crippen LogP contribution >= 0.6 is 12.4 Å². The number of nitrogens with zero attached hydrogens (tertiary/aromatic N) is 5. The highest BCUT2D eigenvalue weighted by Crippen LogP contribution is 2.26. The van der Waals surface area contributed by atoms with Gasteiger partial charge < -0.3 is 0 Å². The van der Waals surface area contributed by atoms with E-state index in [4.69, 9.17) is 0 Å². The SMILES string of the molecule is CCN(CC)Cc1nnnn1-c1ccccc1-c1ccccc1.Cl. The van der Waals surface area contributed by atoms with Gasteiger partial charge in [0.15, 0.2) is 5.82 Å². The van der Waals surface area contributed by atoms with Gasteiger partial charge in [-0.1, -0.05) is 62.4 Å². The van der Waals surface area contributed by atoms with Crippen molar-refractivity contribution < 1.29 is 0 Å². The number of para-hydroxylation sites is 1. The van der Waals surface area contributed by atoms with E-state index >= 15 is 0 Å². The minimum absolute atomic E-state index is 0. The summed E-state index contributed by atoms with van der Waals surface area (Å²) in [6.07, 6.45) is 0. The van der Waals surface area contributed by atoms with Crippen molar-refractivity contribution in [3.63, 3.8) is 0 Å². The summed E-state index contributed by atoms with van der Waals surface area (Å²) in [7, 11) is 0. The molecule has 5 nitrogen and oxygen atoms in total. The van der Waals surface area contributed by atoms with Crippen molar-refractivity contribution in [2.45, 2.75) is 20.4 Å². The van der Waals surface area contributed by atoms with Crippen LogP contribution in [0.4, 0.5) is 0 Å². The molecule has 0 aliphatic heterocycles. The number of hydrogen-bond acceptors (Lipinski definition) is 4. The highest BCUT2D eigenvalue weighted by Gasteiger charge is 2.14. The average Bonchev–Trinajstić information content (AvgIpc) is 3.08. The van der Waals surface area contributed by atoms with Crippen LogP contribution in [-0.2, 0) is 6.54 Å². The molecule has 1 aromatic heterocycles. The largest absolute Gasteiger partial charge is 0.296 e. The Kier molecular flexibility index (Phi) is 6.46. The van der Waals surface area contributed by atoms with Crippen molar-refractivity contribution in [3.05, 3.63) is 60.4 Å². The molecule has 126 valence electrons. The topological polar surface area (TPSA) is 46.8 Å². The van der Waals surface area contributed by atoms with Crippen LogP contribution in [0.2, 0.25) is 0 Å². The molecule has 0 bridgehead atoms. The molecule has 0 saturated carbocycles. The van der Waals surface area contributed by atoms with Gasteiger partial charge in [-0.05, 0) is 35.1 Å². The monoisotopic (exact) mass is 343 g/mol. The predicted molar refractivity (Wildman–Crippen MR) is 98.5 cm³/mol. The lowest BCUT2D eigenvalue weighted by molar-refractivity contribution is 0.285. The zero-order valence-corrected chi connectivity index (χ0v) is 14.8. The van der Waals surface area contributed by atoms with Crippen molar-refractivity contribution in [2.24, 2.45) is 0 Å². The first kappa shape index (κ1) is 18.1. The molecule has 0 unspecified atom stereocenters. The first-order valence-corrected chi connectivity index (χ1v) is 7.98. The summed E-state index contributed by atoms with van der Waals surface area (Å²) in [4.78, 5) is 2.30. The number of halogens is 1. The van der Waals surface area contributed by atoms with Gasteiger partial charge in [0.25, 0.3) is 0 Å². The lowest BCUT2D eigenvalue weighted by Crippen LogP contribution is -2.24. The zero-order chi connectivity index (χ0) is 16.1. The smallest absolute Gasteiger partial charge is 0.170 e. The summed E-state index contributed by atoms with van der Waals surface area (Å²) in [5.74, 6) is 0.858. The Morgan fingerprint density at radius 2 is 1.58 bits per heavy atom. The Morgan fingerprint density at radius 1 is 0.917 bits per heavy atom. The molecule has 3 aromatic rings. The van der Waals surface area contributed by atoms with Crippen LogP contribution in [-0.4, -0.2) is 38.2 Å². The van der Waals surface area contributed by atoms with Gasteiger partial charge in [0.1, 0.15) is 0 Å². The summed E-state index contributed by atoms with van der Waals surface area (Å²) < 4.78 is 1.85. The quantitative estimate of drug-likeness (QED) is 0.686. The number of aromatic nitrogens is 4. The van der Waals surface area contributed by atoms with Gasteiger partial charge in [-0.3, -0.25) is 4.90 Å².